The summed E-state index contributed by atoms with van der Waals surface area (Å²) < 4.78 is 345. The van der Waals surface area contributed by atoms with Crippen LogP contribution in [0.25, 0.3) is 0 Å². The predicted molar refractivity (Wildman–Crippen MR) is 458 cm³/mol. The van der Waals surface area contributed by atoms with Gasteiger partial charge in [0, 0.05) is 80.0 Å². The average molecular weight is 2030 g/mol. The number of carbonyl (C=O) groups is 5. The molecule has 0 bridgehead atoms. The molecule has 4 rings (SSSR count). The molecule has 0 fully saturated rings. The van der Waals surface area contributed by atoms with Crippen LogP contribution in [0, 0.1) is 27.1 Å². The molecule has 4 aromatic rings. The van der Waals surface area contributed by atoms with Gasteiger partial charge in [-0.3, -0.25) is 33.4 Å². The highest BCUT2D eigenvalue weighted by molar-refractivity contribution is 5.79. The molecule has 1 unspecified atom stereocenters. The number of methoxy groups -OCH3 is 7. The third kappa shape index (κ3) is 83.0. The highest BCUT2D eigenvalue weighted by Crippen LogP contribution is 2.45. The van der Waals surface area contributed by atoms with Crippen LogP contribution in [0.4, 0.5) is 110 Å². The van der Waals surface area contributed by atoms with E-state index in [0.717, 1.165) is 48.8 Å². The maximum absolute atomic E-state index is 14.0. The Kier molecular flexibility index (Phi) is 86.6. The van der Waals surface area contributed by atoms with Crippen molar-refractivity contribution < 1.29 is 210 Å². The van der Waals surface area contributed by atoms with Crippen LogP contribution in [-0.2, 0) is 111 Å². The van der Waals surface area contributed by atoms with Crippen LogP contribution in [0.1, 0.15) is 178 Å². The van der Waals surface area contributed by atoms with E-state index in [0.29, 0.717) is 26.1 Å². The van der Waals surface area contributed by atoms with Crippen LogP contribution in [0.5, 0.6) is 0 Å². The zero-order chi connectivity index (χ0) is 108. The van der Waals surface area contributed by atoms with Gasteiger partial charge in [0.15, 0.2) is 27.3 Å². The van der Waals surface area contributed by atoms with Crippen molar-refractivity contribution in [1.82, 2.24) is 0 Å². The van der Waals surface area contributed by atoms with Crippen LogP contribution in [0.15, 0.2) is 121 Å². The summed E-state index contributed by atoms with van der Waals surface area (Å²) in [5, 5.41) is 0. The van der Waals surface area contributed by atoms with Crippen LogP contribution in [0.2, 0.25) is 0 Å². The van der Waals surface area contributed by atoms with Gasteiger partial charge < -0.3 is 56.8 Å². The summed E-state index contributed by atoms with van der Waals surface area (Å²) >= 11 is 0. The predicted octanol–water partition coefficient (Wildman–Crippen LogP) is 24.9. The van der Waals surface area contributed by atoms with E-state index >= 15 is 0 Å². The van der Waals surface area contributed by atoms with Crippen molar-refractivity contribution in [3.8, 4) is 0 Å². The van der Waals surface area contributed by atoms with E-state index in [4.69, 9.17) is 28.4 Å². The number of ether oxygens (including phenoxy) is 14. The molecule has 4 aromatic carbocycles. The molecule has 21 nitrogen and oxygen atoms in total. The molecule has 0 aliphatic heterocycles. The first-order valence-corrected chi connectivity index (χ1v) is 40.9. The number of rotatable bonds is 40. The summed E-state index contributed by atoms with van der Waals surface area (Å²) in [6.07, 6.45) is -21.3. The molecule has 0 aromatic heterocycles. The molecule has 46 heteroatoms. The standard InChI is InChI=1S/C20H21F5O.C20H24F2O.C13H23FO5.C8H16O3.2C7H13FO2.C4H10O.C3H5F3O2.C2H2F4O.2C2H5FO.CF4.CH2F2O/c1-2-18(16-9-5-3-6-10-16,17-11-7-4-8-12-17)13-14-19(22,23)26-20(24,25)15-21;1-3-19(17-10-6-4-7-11-17,18-12-8-5-9-13-18)14-15-20(21,22)16-23-2;1-12(2,3)10(15)19-9-13(4,8-17-5)11(16)18-7-6-14;1-8(2,3)7(9)11-6-5-10-4;2*1-7(2,3)6(9)10-5-4-8;1-3-4-5-2;1-7-2-3(4,5)8-6;3-1-7-2(4,5)6;2*1-4-2-3;2-1(3,4)5;2-1-4-3/h3-12H,2,13-15H2,1H3;4-13H,3,14-16H2,1-2H3;6-9H2,1-5H3;5-6H2,1-4H3;2*4-5H2,1-3H3;3-4H2,1-2H3;2H2,1H3;1H2;2*2H2,1H3;;1H2. The number of hydrogen-bond acceptors (Lipinski definition) is 21. The number of benzene rings is 4. The summed E-state index contributed by atoms with van der Waals surface area (Å²) in [4.78, 5) is 60.8. The SMILES string of the molecule is CC(C)(C)C(=O)OCCF.CC(C)(C)C(=O)OCCF.CCC(CCC(F)(F)COC)(c1ccccc1)c1ccccc1.CCC(CCC(F)(F)OC(F)(F)CF)(c1ccccc1)c1ccccc1.CCCOC.COCC(C)(COC(=O)C(C)(C)C)C(=O)OCCF.COCC(F)(F)OF.COCCOC(=O)C(C)(C)C.COCF.COCF.FC(F)(F)F.FCOC(F)(F)F.FCOF. The Labute approximate surface area is 781 Å². The van der Waals surface area contributed by atoms with Gasteiger partial charge >= 0.3 is 61.0 Å². The van der Waals surface area contributed by atoms with Crippen molar-refractivity contribution in [3.63, 3.8) is 0 Å². The third-order valence-electron chi connectivity index (χ3n) is 15.8. The van der Waals surface area contributed by atoms with Crippen LogP contribution >= 0.6 is 0 Å². The summed E-state index contributed by atoms with van der Waals surface area (Å²) in [7, 11) is 9.66. The van der Waals surface area contributed by atoms with Crippen LogP contribution < -0.4 is 0 Å². The van der Waals surface area contributed by atoms with E-state index in [9.17, 15) is 134 Å². The van der Waals surface area contributed by atoms with Gasteiger partial charge in [0.25, 0.3) is 5.92 Å². The molecular formula is C90H139F25O21. The summed E-state index contributed by atoms with van der Waals surface area (Å²) in [5.74, 6) is -4.77. The van der Waals surface area contributed by atoms with E-state index < -0.39 is 161 Å². The normalized spacial score (nSPS) is 11.9. The van der Waals surface area contributed by atoms with E-state index in [-0.39, 0.29) is 63.8 Å². The van der Waals surface area contributed by atoms with Gasteiger partial charge in [-0.25, -0.2) is 43.9 Å². The van der Waals surface area contributed by atoms with Crippen molar-refractivity contribution in [3.05, 3.63) is 144 Å². The molecule has 0 aliphatic carbocycles. The fourth-order valence-corrected chi connectivity index (χ4v) is 9.26. The van der Waals surface area contributed by atoms with Gasteiger partial charge in [-0.15, -0.1) is 35.7 Å². The van der Waals surface area contributed by atoms with E-state index in [1.54, 1.807) is 108 Å². The van der Waals surface area contributed by atoms with Crippen LogP contribution in [-0.4, -0.2) is 237 Å². The first-order valence-electron chi connectivity index (χ1n) is 40.9. The molecule has 0 amide bonds. The van der Waals surface area contributed by atoms with E-state index in [1.165, 1.54) is 28.4 Å². The maximum Gasteiger partial charge on any atom is 0.559 e. The van der Waals surface area contributed by atoms with Gasteiger partial charge in [-0.05, 0) is 153 Å². The molecule has 0 N–H and O–H groups in total. The lowest BCUT2D eigenvalue weighted by atomic mass is 9.69. The Morgan fingerprint density at radius 2 is 0.588 bits per heavy atom. The molecule has 136 heavy (non-hydrogen) atoms. The lowest BCUT2D eigenvalue weighted by Crippen LogP contribution is -2.41. The van der Waals surface area contributed by atoms with E-state index in [1.807, 2.05) is 125 Å². The number of esters is 5. The number of halogens is 25. The molecule has 0 heterocycles. The molecule has 0 radical (unpaired) electrons. The first kappa shape index (κ1) is 146. The molecule has 0 saturated heterocycles. The second kappa shape index (κ2) is 80.8. The molecule has 1 atom stereocenters. The fourth-order valence-electron chi connectivity index (χ4n) is 9.26. The van der Waals surface area contributed by atoms with Crippen molar-refractivity contribution in [1.29, 1.82) is 0 Å². The van der Waals surface area contributed by atoms with Gasteiger partial charge in [0.05, 0.1) is 34.9 Å². The van der Waals surface area contributed by atoms with E-state index in [2.05, 4.69) is 61.6 Å². The fraction of sp³-hybridized carbons (Fsp3) is 0.678. The monoisotopic (exact) mass is 2030 g/mol. The highest BCUT2D eigenvalue weighted by atomic mass is 19.5. The minimum absolute atomic E-state index is 0.0234. The van der Waals surface area contributed by atoms with Crippen molar-refractivity contribution in [2.45, 2.75) is 204 Å². The Bertz CT molecular complexity index is 3320. The smallest absolute Gasteiger partial charge is 0.464 e. The Balaban J connectivity index is -0.000000193. The zero-order valence-electron chi connectivity index (χ0n) is 81.2. The molecule has 800 valence electrons. The number of alkyl halides is 23. The minimum Gasteiger partial charge on any atom is -0.464 e. The second-order valence-corrected chi connectivity index (χ2v) is 31.6. The first-order chi connectivity index (χ1) is 62.7. The Morgan fingerprint density at radius 1 is 0.301 bits per heavy atom. The lowest BCUT2D eigenvalue weighted by molar-refractivity contribution is -0.379. The highest BCUT2D eigenvalue weighted by Gasteiger charge is 2.47. The summed E-state index contributed by atoms with van der Waals surface area (Å²) in [6, 6.07) is 38.0. The number of carbonyl (C=O) groups excluding carboxylic acids is 5. The summed E-state index contributed by atoms with van der Waals surface area (Å²) in [6.45, 7) is 19.1. The topological polar surface area (TPSA) is 233 Å². The van der Waals surface area contributed by atoms with Crippen molar-refractivity contribution in [2.75, 3.05) is 170 Å². The number of hydrogen-bond donors (Lipinski definition) is 0. The Hall–Kier alpha value is -7.96. The zero-order valence-corrected chi connectivity index (χ0v) is 81.2. The Morgan fingerprint density at radius 3 is 0.794 bits per heavy atom. The lowest BCUT2D eigenvalue weighted by Gasteiger charge is -2.35. The quantitative estimate of drug-likeness (QED) is 0.0174. The van der Waals surface area contributed by atoms with Gasteiger partial charge in [0.2, 0.25) is 6.86 Å². The summed E-state index contributed by atoms with van der Waals surface area (Å²) in [5.41, 5.74) is -0.646. The van der Waals surface area contributed by atoms with Gasteiger partial charge in [-0.2, -0.15) is 31.3 Å². The largest absolute Gasteiger partial charge is 0.559 e. The average Bonchev–Trinajstić information content (AvgIpc) is 0.780. The molecule has 0 saturated carbocycles. The van der Waals surface area contributed by atoms with Gasteiger partial charge in [0.1, 0.15) is 71.7 Å². The minimum atomic E-state index is -5.50. The second-order valence-electron chi connectivity index (χ2n) is 31.6. The third-order valence-corrected chi connectivity index (χ3v) is 15.8. The van der Waals surface area contributed by atoms with Gasteiger partial charge in [-0.1, -0.05) is 142 Å². The molecular weight excluding hydrogens is 1890 g/mol. The van der Waals surface area contributed by atoms with Crippen LogP contribution in [0.3, 0.4) is 0 Å². The van der Waals surface area contributed by atoms with Crippen molar-refractivity contribution >= 4 is 29.8 Å². The van der Waals surface area contributed by atoms with Crippen molar-refractivity contribution in [2.24, 2.45) is 27.1 Å². The maximum atomic E-state index is 14.0. The molecule has 0 spiro atoms. The molecule has 0 aliphatic rings.